The van der Waals surface area contributed by atoms with Crippen molar-refractivity contribution in [3.05, 3.63) is 75.8 Å². The van der Waals surface area contributed by atoms with Gasteiger partial charge in [0.25, 0.3) is 0 Å². The molecular weight excluding hydrogens is 267 g/mol. The maximum atomic E-state index is 11.9. The third-order valence-electron chi connectivity index (χ3n) is 2.45. The van der Waals surface area contributed by atoms with E-state index in [1.807, 2.05) is 18.2 Å². The number of hydrogen-bond donors (Lipinski definition) is 0. The molecule has 0 amide bonds. The van der Waals surface area contributed by atoms with Crippen LogP contribution >= 0.6 is 23.2 Å². The SMILES string of the molecule is O=C(/C=C\c1ccccc1Cl)c1ccc(Cl)cc1. The van der Waals surface area contributed by atoms with E-state index in [-0.39, 0.29) is 5.78 Å². The summed E-state index contributed by atoms with van der Waals surface area (Å²) in [5.74, 6) is -0.0772. The molecule has 0 saturated heterocycles. The highest BCUT2D eigenvalue weighted by Gasteiger charge is 2.01. The first-order valence-electron chi connectivity index (χ1n) is 5.39. The molecule has 3 heteroatoms. The lowest BCUT2D eigenvalue weighted by Gasteiger charge is -1.98. The lowest BCUT2D eigenvalue weighted by molar-refractivity contribution is 0.104. The van der Waals surface area contributed by atoms with Gasteiger partial charge in [-0.15, -0.1) is 0 Å². The summed E-state index contributed by atoms with van der Waals surface area (Å²) in [6.07, 6.45) is 3.21. The second-order valence-electron chi connectivity index (χ2n) is 3.73. The van der Waals surface area contributed by atoms with E-state index >= 15 is 0 Å². The molecule has 0 aliphatic carbocycles. The van der Waals surface area contributed by atoms with E-state index in [1.165, 1.54) is 6.08 Å². The Balaban J connectivity index is 2.17. The van der Waals surface area contributed by atoms with Gasteiger partial charge in [-0.05, 0) is 48.0 Å². The molecule has 2 rings (SSSR count). The Morgan fingerprint density at radius 2 is 1.61 bits per heavy atom. The van der Waals surface area contributed by atoms with E-state index in [0.29, 0.717) is 15.6 Å². The molecule has 0 aliphatic heterocycles. The summed E-state index contributed by atoms with van der Waals surface area (Å²) in [7, 11) is 0. The lowest BCUT2D eigenvalue weighted by atomic mass is 10.1. The Kier molecular flexibility index (Phi) is 4.19. The fourth-order valence-electron chi connectivity index (χ4n) is 1.49. The van der Waals surface area contributed by atoms with Crippen LogP contribution in [-0.2, 0) is 0 Å². The standard InChI is InChI=1S/C15H10Cl2O/c16-13-8-5-12(6-9-13)15(18)10-7-11-3-1-2-4-14(11)17/h1-10H/b10-7-. The van der Waals surface area contributed by atoms with Crippen molar-refractivity contribution in [1.82, 2.24) is 0 Å². The summed E-state index contributed by atoms with van der Waals surface area (Å²) >= 11 is 11.8. The Hall–Kier alpha value is -1.57. The van der Waals surface area contributed by atoms with E-state index in [1.54, 1.807) is 36.4 Å². The Morgan fingerprint density at radius 1 is 0.944 bits per heavy atom. The minimum absolute atomic E-state index is 0.0772. The third-order valence-corrected chi connectivity index (χ3v) is 3.04. The molecule has 0 aromatic heterocycles. The second-order valence-corrected chi connectivity index (χ2v) is 4.57. The van der Waals surface area contributed by atoms with E-state index in [4.69, 9.17) is 23.2 Å². The van der Waals surface area contributed by atoms with E-state index < -0.39 is 0 Å². The summed E-state index contributed by atoms with van der Waals surface area (Å²) in [5, 5.41) is 1.24. The predicted molar refractivity (Wildman–Crippen MR) is 76.3 cm³/mol. The van der Waals surface area contributed by atoms with Crippen LogP contribution in [0.3, 0.4) is 0 Å². The highest BCUT2D eigenvalue weighted by molar-refractivity contribution is 6.32. The summed E-state index contributed by atoms with van der Waals surface area (Å²) in [5.41, 5.74) is 1.42. The summed E-state index contributed by atoms with van der Waals surface area (Å²) < 4.78 is 0. The number of allylic oxidation sites excluding steroid dienone is 1. The van der Waals surface area contributed by atoms with Crippen molar-refractivity contribution in [2.24, 2.45) is 0 Å². The minimum atomic E-state index is -0.0772. The summed E-state index contributed by atoms with van der Waals surface area (Å²) in [6, 6.07) is 14.1. The number of halogens is 2. The molecule has 0 bridgehead atoms. The van der Waals surface area contributed by atoms with E-state index in [0.717, 1.165) is 5.56 Å². The minimum Gasteiger partial charge on any atom is -0.289 e. The van der Waals surface area contributed by atoms with Gasteiger partial charge in [0.15, 0.2) is 5.78 Å². The Labute approximate surface area is 116 Å². The molecule has 0 radical (unpaired) electrons. The average molecular weight is 277 g/mol. The molecule has 0 heterocycles. The fraction of sp³-hybridized carbons (Fsp3) is 0. The average Bonchev–Trinajstić information content (AvgIpc) is 2.38. The zero-order chi connectivity index (χ0) is 13.0. The molecule has 1 nitrogen and oxygen atoms in total. The summed E-state index contributed by atoms with van der Waals surface area (Å²) in [4.78, 5) is 11.9. The number of rotatable bonds is 3. The van der Waals surface area contributed by atoms with Crippen LogP contribution in [0.1, 0.15) is 15.9 Å². The van der Waals surface area contributed by atoms with Gasteiger partial charge in [0.05, 0.1) is 0 Å². The fourth-order valence-corrected chi connectivity index (χ4v) is 1.81. The van der Waals surface area contributed by atoms with Crippen LogP contribution in [0.5, 0.6) is 0 Å². The topological polar surface area (TPSA) is 17.1 Å². The van der Waals surface area contributed by atoms with Crippen molar-refractivity contribution in [3.8, 4) is 0 Å². The highest BCUT2D eigenvalue weighted by Crippen LogP contribution is 2.17. The predicted octanol–water partition coefficient (Wildman–Crippen LogP) is 4.89. The zero-order valence-electron chi connectivity index (χ0n) is 9.44. The second kappa shape index (κ2) is 5.85. The first-order valence-corrected chi connectivity index (χ1v) is 6.15. The van der Waals surface area contributed by atoms with Crippen molar-refractivity contribution < 1.29 is 4.79 Å². The highest BCUT2D eigenvalue weighted by atomic mass is 35.5. The number of benzene rings is 2. The van der Waals surface area contributed by atoms with Crippen molar-refractivity contribution in [2.75, 3.05) is 0 Å². The first-order chi connectivity index (χ1) is 8.66. The maximum Gasteiger partial charge on any atom is 0.185 e. The molecule has 2 aromatic rings. The van der Waals surface area contributed by atoms with Crippen LogP contribution in [0, 0.1) is 0 Å². The normalized spacial score (nSPS) is 10.8. The first kappa shape index (κ1) is 12.9. The molecule has 2 aromatic carbocycles. The molecule has 0 atom stereocenters. The van der Waals surface area contributed by atoms with E-state index in [2.05, 4.69) is 0 Å². The van der Waals surface area contributed by atoms with Crippen molar-refractivity contribution >= 4 is 35.1 Å². The van der Waals surface area contributed by atoms with Crippen LogP contribution in [0.2, 0.25) is 10.0 Å². The van der Waals surface area contributed by atoms with Gasteiger partial charge in [0.2, 0.25) is 0 Å². The number of carbonyl (C=O) groups is 1. The molecule has 0 fully saturated rings. The Morgan fingerprint density at radius 3 is 2.28 bits per heavy atom. The van der Waals surface area contributed by atoms with Gasteiger partial charge in [-0.3, -0.25) is 4.79 Å². The van der Waals surface area contributed by atoms with Crippen LogP contribution in [0.25, 0.3) is 6.08 Å². The molecular formula is C15H10Cl2O. The van der Waals surface area contributed by atoms with Crippen LogP contribution in [-0.4, -0.2) is 5.78 Å². The van der Waals surface area contributed by atoms with Crippen LogP contribution < -0.4 is 0 Å². The van der Waals surface area contributed by atoms with Gasteiger partial charge in [-0.1, -0.05) is 41.4 Å². The molecule has 90 valence electrons. The third kappa shape index (κ3) is 3.22. The molecule has 0 saturated carbocycles. The van der Waals surface area contributed by atoms with Gasteiger partial charge < -0.3 is 0 Å². The monoisotopic (exact) mass is 276 g/mol. The zero-order valence-corrected chi connectivity index (χ0v) is 10.9. The maximum absolute atomic E-state index is 11.9. The number of carbonyl (C=O) groups excluding carboxylic acids is 1. The van der Waals surface area contributed by atoms with Gasteiger partial charge >= 0.3 is 0 Å². The molecule has 0 unspecified atom stereocenters. The van der Waals surface area contributed by atoms with Crippen LogP contribution in [0.4, 0.5) is 0 Å². The van der Waals surface area contributed by atoms with Crippen molar-refractivity contribution in [1.29, 1.82) is 0 Å². The van der Waals surface area contributed by atoms with Crippen LogP contribution in [0.15, 0.2) is 54.6 Å². The van der Waals surface area contributed by atoms with Gasteiger partial charge in [0.1, 0.15) is 0 Å². The van der Waals surface area contributed by atoms with Gasteiger partial charge in [-0.2, -0.15) is 0 Å². The smallest absolute Gasteiger partial charge is 0.185 e. The number of hydrogen-bond acceptors (Lipinski definition) is 1. The van der Waals surface area contributed by atoms with Gasteiger partial charge in [-0.25, -0.2) is 0 Å². The van der Waals surface area contributed by atoms with Crippen molar-refractivity contribution in [2.45, 2.75) is 0 Å². The quantitative estimate of drug-likeness (QED) is 0.576. The largest absolute Gasteiger partial charge is 0.289 e. The van der Waals surface area contributed by atoms with E-state index in [9.17, 15) is 4.79 Å². The van der Waals surface area contributed by atoms with Crippen molar-refractivity contribution in [3.63, 3.8) is 0 Å². The molecule has 0 aliphatic rings. The summed E-state index contributed by atoms with van der Waals surface area (Å²) in [6.45, 7) is 0. The number of ketones is 1. The lowest BCUT2D eigenvalue weighted by Crippen LogP contribution is -1.93. The molecule has 18 heavy (non-hydrogen) atoms. The van der Waals surface area contributed by atoms with Gasteiger partial charge in [0, 0.05) is 15.6 Å². The molecule has 0 spiro atoms. The Bertz CT molecular complexity index is 586. The molecule has 0 N–H and O–H groups in total.